The Hall–Kier alpha value is -2.41. The number of aryl methyl sites for hydroxylation is 1. The van der Waals surface area contributed by atoms with E-state index in [2.05, 4.69) is 10.2 Å². The number of carbonyl (C=O) groups excluding carboxylic acids is 3. The Morgan fingerprint density at radius 2 is 1.71 bits per heavy atom. The van der Waals surface area contributed by atoms with Crippen molar-refractivity contribution in [2.24, 2.45) is 5.92 Å². The van der Waals surface area contributed by atoms with Gasteiger partial charge in [-0.2, -0.15) is 0 Å². The molecule has 152 valence electrons. The third kappa shape index (κ3) is 4.70. The van der Waals surface area contributed by atoms with Crippen molar-refractivity contribution >= 4 is 23.4 Å². The minimum absolute atomic E-state index is 0.0165. The summed E-state index contributed by atoms with van der Waals surface area (Å²) in [6.45, 7) is 7.47. The first-order valence-electron chi connectivity index (χ1n) is 10.00. The maximum absolute atomic E-state index is 12.9. The van der Waals surface area contributed by atoms with Crippen molar-refractivity contribution < 1.29 is 14.4 Å². The van der Waals surface area contributed by atoms with Crippen LogP contribution in [0.25, 0.3) is 0 Å². The quantitative estimate of drug-likeness (QED) is 0.856. The SMILES string of the molecule is CC(=O)N1CCN(C(=O)c2ccc(C)c(NC(=O)C3CCCN(C)C3)c2)CC1. The van der Waals surface area contributed by atoms with Crippen LogP contribution in [0.1, 0.15) is 35.7 Å². The molecule has 3 rings (SSSR count). The van der Waals surface area contributed by atoms with Gasteiger partial charge in [-0.1, -0.05) is 6.07 Å². The number of nitrogens with zero attached hydrogens (tertiary/aromatic N) is 3. The van der Waals surface area contributed by atoms with Crippen molar-refractivity contribution in [3.8, 4) is 0 Å². The topological polar surface area (TPSA) is 73.0 Å². The van der Waals surface area contributed by atoms with Crippen LogP contribution in [0.5, 0.6) is 0 Å². The lowest BCUT2D eigenvalue weighted by atomic mass is 9.97. The van der Waals surface area contributed by atoms with Crippen LogP contribution in [-0.4, -0.2) is 78.7 Å². The fourth-order valence-corrected chi connectivity index (χ4v) is 3.91. The molecule has 7 heteroatoms. The highest BCUT2D eigenvalue weighted by molar-refractivity contribution is 5.98. The van der Waals surface area contributed by atoms with Gasteiger partial charge in [0.05, 0.1) is 5.92 Å². The molecule has 1 unspecified atom stereocenters. The summed E-state index contributed by atoms with van der Waals surface area (Å²) in [6.07, 6.45) is 1.92. The number of nitrogens with one attached hydrogen (secondary N) is 1. The zero-order valence-corrected chi connectivity index (χ0v) is 17.0. The van der Waals surface area contributed by atoms with Gasteiger partial charge in [-0.3, -0.25) is 14.4 Å². The van der Waals surface area contributed by atoms with Crippen LogP contribution in [-0.2, 0) is 9.59 Å². The molecule has 1 N–H and O–H groups in total. The molecule has 0 aromatic heterocycles. The van der Waals surface area contributed by atoms with Crippen molar-refractivity contribution in [2.75, 3.05) is 51.6 Å². The van der Waals surface area contributed by atoms with Gasteiger partial charge < -0.3 is 20.0 Å². The Balaban J connectivity index is 1.66. The maximum atomic E-state index is 12.9. The Morgan fingerprint density at radius 3 is 2.36 bits per heavy atom. The minimum Gasteiger partial charge on any atom is -0.339 e. The second kappa shape index (κ2) is 8.73. The van der Waals surface area contributed by atoms with Crippen LogP contribution in [0.15, 0.2) is 18.2 Å². The van der Waals surface area contributed by atoms with Gasteiger partial charge in [0, 0.05) is 50.9 Å². The second-order valence-corrected chi connectivity index (χ2v) is 7.92. The highest BCUT2D eigenvalue weighted by Gasteiger charge is 2.26. The Labute approximate surface area is 166 Å². The van der Waals surface area contributed by atoms with E-state index < -0.39 is 0 Å². The maximum Gasteiger partial charge on any atom is 0.254 e. The van der Waals surface area contributed by atoms with Gasteiger partial charge in [0.1, 0.15) is 0 Å². The summed E-state index contributed by atoms with van der Waals surface area (Å²) in [4.78, 5) is 42.7. The molecule has 3 amide bonds. The molecule has 0 bridgehead atoms. The number of likely N-dealkylation sites (tertiary alicyclic amines) is 1. The van der Waals surface area contributed by atoms with Gasteiger partial charge in [0.2, 0.25) is 11.8 Å². The minimum atomic E-state index is -0.0592. The standard InChI is InChI=1S/C21H30N4O3/c1-15-6-7-17(21(28)25-11-9-24(10-12-25)16(2)26)13-19(15)22-20(27)18-5-4-8-23(3)14-18/h6-7,13,18H,4-5,8-12,14H2,1-3H3,(H,22,27). The first-order valence-corrected chi connectivity index (χ1v) is 10.00. The fourth-order valence-electron chi connectivity index (χ4n) is 3.91. The summed E-state index contributed by atoms with van der Waals surface area (Å²) in [5.74, 6) is -0.0108. The Bertz CT molecular complexity index is 756. The summed E-state index contributed by atoms with van der Waals surface area (Å²) in [5, 5.41) is 3.03. The molecule has 0 spiro atoms. The number of anilines is 1. The van der Waals surface area contributed by atoms with Gasteiger partial charge in [0.15, 0.2) is 0 Å². The summed E-state index contributed by atoms with van der Waals surface area (Å²) >= 11 is 0. The first-order chi connectivity index (χ1) is 13.3. The van der Waals surface area contributed by atoms with Crippen molar-refractivity contribution in [1.29, 1.82) is 0 Å². The number of hydrogen-bond acceptors (Lipinski definition) is 4. The monoisotopic (exact) mass is 386 g/mol. The van der Waals surface area contributed by atoms with Crippen molar-refractivity contribution in [2.45, 2.75) is 26.7 Å². The predicted octanol–water partition coefficient (Wildman–Crippen LogP) is 1.58. The summed E-state index contributed by atoms with van der Waals surface area (Å²) < 4.78 is 0. The summed E-state index contributed by atoms with van der Waals surface area (Å²) in [7, 11) is 2.04. The molecule has 2 aliphatic heterocycles. The van der Waals surface area contributed by atoms with E-state index in [1.807, 2.05) is 20.0 Å². The lowest BCUT2D eigenvalue weighted by Gasteiger charge is -2.34. The lowest BCUT2D eigenvalue weighted by Crippen LogP contribution is -2.50. The van der Waals surface area contributed by atoms with Crippen molar-refractivity contribution in [3.63, 3.8) is 0 Å². The zero-order chi connectivity index (χ0) is 20.3. The van der Waals surface area contributed by atoms with E-state index in [1.165, 1.54) is 0 Å². The summed E-state index contributed by atoms with van der Waals surface area (Å²) in [6, 6.07) is 5.46. The number of benzene rings is 1. The molecule has 7 nitrogen and oxygen atoms in total. The predicted molar refractivity (Wildman–Crippen MR) is 108 cm³/mol. The first kappa shape index (κ1) is 20.3. The molecule has 2 aliphatic rings. The van der Waals surface area contributed by atoms with Crippen LogP contribution < -0.4 is 5.32 Å². The molecule has 2 heterocycles. The average Bonchev–Trinajstić information content (AvgIpc) is 2.69. The third-order valence-corrected chi connectivity index (χ3v) is 5.75. The van der Waals surface area contributed by atoms with Crippen molar-refractivity contribution in [3.05, 3.63) is 29.3 Å². The number of amides is 3. The highest BCUT2D eigenvalue weighted by Crippen LogP contribution is 2.22. The molecule has 1 aromatic carbocycles. The lowest BCUT2D eigenvalue weighted by molar-refractivity contribution is -0.130. The van der Waals surface area contributed by atoms with Crippen molar-refractivity contribution in [1.82, 2.24) is 14.7 Å². The Morgan fingerprint density at radius 1 is 1.04 bits per heavy atom. The molecule has 2 fully saturated rings. The van der Waals surface area contributed by atoms with Crippen LogP contribution in [0.4, 0.5) is 5.69 Å². The number of piperazine rings is 1. The molecule has 2 saturated heterocycles. The average molecular weight is 386 g/mol. The smallest absolute Gasteiger partial charge is 0.254 e. The van der Waals surface area contributed by atoms with E-state index in [0.717, 1.165) is 31.5 Å². The third-order valence-electron chi connectivity index (χ3n) is 5.75. The zero-order valence-electron chi connectivity index (χ0n) is 17.0. The summed E-state index contributed by atoms with van der Waals surface area (Å²) in [5.41, 5.74) is 2.21. The van der Waals surface area contributed by atoms with E-state index in [9.17, 15) is 14.4 Å². The molecule has 0 aliphatic carbocycles. The van der Waals surface area contributed by atoms with Gasteiger partial charge >= 0.3 is 0 Å². The van der Waals surface area contributed by atoms with Crippen LogP contribution in [0, 0.1) is 12.8 Å². The largest absolute Gasteiger partial charge is 0.339 e. The van der Waals surface area contributed by atoms with Gasteiger partial charge in [-0.15, -0.1) is 0 Å². The molecule has 0 radical (unpaired) electrons. The molecule has 1 aromatic rings. The highest BCUT2D eigenvalue weighted by atomic mass is 16.2. The number of piperidine rings is 1. The van der Waals surface area contributed by atoms with Crippen LogP contribution in [0.2, 0.25) is 0 Å². The van der Waals surface area contributed by atoms with Crippen LogP contribution in [0.3, 0.4) is 0 Å². The van der Waals surface area contributed by atoms with E-state index >= 15 is 0 Å². The van der Waals surface area contributed by atoms with E-state index in [-0.39, 0.29) is 23.6 Å². The van der Waals surface area contributed by atoms with Gasteiger partial charge in [-0.25, -0.2) is 0 Å². The number of hydrogen-bond donors (Lipinski definition) is 1. The molecule has 1 atom stereocenters. The number of carbonyl (C=O) groups is 3. The van der Waals surface area contributed by atoms with E-state index in [4.69, 9.17) is 0 Å². The van der Waals surface area contributed by atoms with E-state index in [0.29, 0.717) is 37.4 Å². The Kier molecular flexibility index (Phi) is 6.34. The fraction of sp³-hybridized carbons (Fsp3) is 0.571. The number of rotatable bonds is 3. The van der Waals surface area contributed by atoms with Gasteiger partial charge in [-0.05, 0) is 51.1 Å². The molecule has 28 heavy (non-hydrogen) atoms. The molecular weight excluding hydrogens is 356 g/mol. The van der Waals surface area contributed by atoms with E-state index in [1.54, 1.807) is 28.9 Å². The normalized spacial score (nSPS) is 20.8. The van der Waals surface area contributed by atoms with Crippen LogP contribution >= 0.6 is 0 Å². The molecular formula is C21H30N4O3. The van der Waals surface area contributed by atoms with Gasteiger partial charge in [0.25, 0.3) is 5.91 Å². The second-order valence-electron chi connectivity index (χ2n) is 7.92. The molecule has 0 saturated carbocycles.